The Labute approximate surface area is 246 Å². The monoisotopic (exact) mass is 556 g/mol. The molecule has 0 aromatic heterocycles. The van der Waals surface area contributed by atoms with E-state index in [-0.39, 0.29) is 44.7 Å². The quantitative estimate of drug-likeness (QED) is 0.167. The van der Waals surface area contributed by atoms with Crippen LogP contribution in [-0.2, 0) is 19.1 Å². The third kappa shape index (κ3) is 7.77. The number of rotatable bonds is 13. The number of Topliss-reactive ketones (excluding diaryl/α,β-unsaturated/α-hetero) is 1. The van der Waals surface area contributed by atoms with Gasteiger partial charge in [-0.05, 0) is 104 Å². The number of hydrogen-bond donors (Lipinski definition) is 0. The fourth-order valence-corrected chi connectivity index (χ4v) is 7.97. The highest BCUT2D eigenvalue weighted by Gasteiger charge is 2.58. The number of ketones is 2. The summed E-state index contributed by atoms with van der Waals surface area (Å²) in [4.78, 5) is 37.6. The maximum atomic E-state index is 12.7. The lowest BCUT2D eigenvalue weighted by molar-refractivity contribution is -0.137. The SMILES string of the molecule is CCCC(C)(C)CC[C@](C)(/C=C/C(=O)OCC)CCC(C)(C)[C@]1(C)CC[C@H]2[C@H](C)C(=O)CC[C@]2(C)/C1=C/C(C)=O. The molecule has 0 spiro atoms. The molecule has 0 aromatic rings. The summed E-state index contributed by atoms with van der Waals surface area (Å²) >= 11 is 0. The van der Waals surface area contributed by atoms with Crippen LogP contribution in [0, 0.1) is 38.9 Å². The van der Waals surface area contributed by atoms with Crippen LogP contribution in [0.2, 0.25) is 0 Å². The summed E-state index contributed by atoms with van der Waals surface area (Å²) < 4.78 is 5.22. The van der Waals surface area contributed by atoms with Crippen molar-refractivity contribution in [3.63, 3.8) is 0 Å². The van der Waals surface area contributed by atoms with Crippen LogP contribution in [0.5, 0.6) is 0 Å². The van der Waals surface area contributed by atoms with E-state index in [1.54, 1.807) is 13.0 Å². The van der Waals surface area contributed by atoms with Gasteiger partial charge in [-0.2, -0.15) is 0 Å². The third-order valence-electron chi connectivity index (χ3n) is 11.4. The summed E-state index contributed by atoms with van der Waals surface area (Å²) in [5, 5.41) is 0. The first-order valence-electron chi connectivity index (χ1n) is 16.0. The fourth-order valence-electron chi connectivity index (χ4n) is 7.97. The van der Waals surface area contributed by atoms with Crippen molar-refractivity contribution in [1.29, 1.82) is 0 Å². The molecule has 0 saturated heterocycles. The number of esters is 1. The molecule has 2 saturated carbocycles. The molecule has 0 heterocycles. The van der Waals surface area contributed by atoms with Crippen LogP contribution in [0.4, 0.5) is 0 Å². The number of hydrogen-bond acceptors (Lipinski definition) is 4. The van der Waals surface area contributed by atoms with Gasteiger partial charge in [0.2, 0.25) is 0 Å². The Hall–Kier alpha value is -1.71. The van der Waals surface area contributed by atoms with E-state index >= 15 is 0 Å². The normalized spacial score (nSPS) is 30.3. The van der Waals surface area contributed by atoms with Gasteiger partial charge in [-0.1, -0.05) is 80.4 Å². The van der Waals surface area contributed by atoms with Crippen LogP contribution >= 0.6 is 0 Å². The van der Waals surface area contributed by atoms with Gasteiger partial charge in [0.1, 0.15) is 5.78 Å². The van der Waals surface area contributed by atoms with Crippen molar-refractivity contribution >= 4 is 17.5 Å². The lowest BCUT2D eigenvalue weighted by Crippen LogP contribution is -2.53. The fraction of sp³-hybridized carbons (Fsp3) is 0.806. The molecule has 0 bridgehead atoms. The maximum Gasteiger partial charge on any atom is 0.330 e. The van der Waals surface area contributed by atoms with Crippen molar-refractivity contribution in [2.75, 3.05) is 6.61 Å². The second-order valence-electron chi connectivity index (χ2n) is 15.4. The van der Waals surface area contributed by atoms with Crippen molar-refractivity contribution in [2.45, 2.75) is 140 Å². The lowest BCUT2D eigenvalue weighted by Gasteiger charge is -2.60. The molecule has 2 rings (SSSR count). The van der Waals surface area contributed by atoms with Crippen LogP contribution in [0.1, 0.15) is 140 Å². The molecule has 2 fully saturated rings. The smallest absolute Gasteiger partial charge is 0.330 e. The van der Waals surface area contributed by atoms with E-state index in [0.29, 0.717) is 24.7 Å². The second-order valence-corrected chi connectivity index (χ2v) is 15.4. The second kappa shape index (κ2) is 13.1. The predicted molar refractivity (Wildman–Crippen MR) is 166 cm³/mol. The predicted octanol–water partition coefficient (Wildman–Crippen LogP) is 9.46. The van der Waals surface area contributed by atoms with Gasteiger partial charge in [0, 0.05) is 18.4 Å². The Kier molecular flexibility index (Phi) is 11.3. The summed E-state index contributed by atoms with van der Waals surface area (Å²) in [5.74, 6) is 0.546. The number of ether oxygens (including phenoxy) is 1. The third-order valence-corrected chi connectivity index (χ3v) is 11.4. The van der Waals surface area contributed by atoms with Gasteiger partial charge >= 0.3 is 5.97 Å². The Bertz CT molecular complexity index is 985. The van der Waals surface area contributed by atoms with Crippen LogP contribution in [0.15, 0.2) is 23.8 Å². The van der Waals surface area contributed by atoms with Gasteiger partial charge in [-0.3, -0.25) is 9.59 Å². The van der Waals surface area contributed by atoms with Gasteiger partial charge in [0.05, 0.1) is 6.61 Å². The van der Waals surface area contributed by atoms with E-state index < -0.39 is 0 Å². The molecule has 0 aromatic carbocycles. The van der Waals surface area contributed by atoms with E-state index in [0.717, 1.165) is 44.9 Å². The van der Waals surface area contributed by atoms with Crippen molar-refractivity contribution in [2.24, 2.45) is 38.9 Å². The van der Waals surface area contributed by atoms with Crippen LogP contribution < -0.4 is 0 Å². The van der Waals surface area contributed by atoms with Gasteiger partial charge in [-0.25, -0.2) is 4.79 Å². The Morgan fingerprint density at radius 2 is 1.60 bits per heavy atom. The highest BCUT2D eigenvalue weighted by Crippen LogP contribution is 2.66. The Morgan fingerprint density at radius 3 is 2.17 bits per heavy atom. The minimum atomic E-state index is -0.272. The van der Waals surface area contributed by atoms with E-state index in [9.17, 15) is 14.4 Å². The first kappa shape index (κ1) is 34.5. The minimum absolute atomic E-state index is 0.0459. The number of carbonyl (C=O) groups excluding carboxylic acids is 3. The molecular weight excluding hydrogens is 496 g/mol. The van der Waals surface area contributed by atoms with Crippen molar-refractivity contribution in [1.82, 2.24) is 0 Å². The number of allylic oxidation sites excluding steroid dienone is 3. The zero-order chi connectivity index (χ0) is 30.6. The minimum Gasteiger partial charge on any atom is -0.463 e. The average Bonchev–Trinajstić information content (AvgIpc) is 2.85. The van der Waals surface area contributed by atoms with E-state index in [1.807, 2.05) is 13.0 Å². The van der Waals surface area contributed by atoms with Crippen LogP contribution in [0.25, 0.3) is 0 Å². The summed E-state index contributed by atoms with van der Waals surface area (Å²) in [7, 11) is 0. The Balaban J connectivity index is 2.41. The first-order valence-corrected chi connectivity index (χ1v) is 16.0. The molecule has 5 atom stereocenters. The molecule has 2 aliphatic carbocycles. The van der Waals surface area contributed by atoms with Gasteiger partial charge < -0.3 is 4.74 Å². The summed E-state index contributed by atoms with van der Waals surface area (Å²) in [6.45, 7) is 24.7. The Morgan fingerprint density at radius 1 is 0.975 bits per heavy atom. The topological polar surface area (TPSA) is 60.4 Å². The highest BCUT2D eigenvalue weighted by atomic mass is 16.5. The molecular formula is C36H60O4. The molecule has 0 unspecified atom stereocenters. The van der Waals surface area contributed by atoms with Gasteiger partial charge in [-0.15, -0.1) is 0 Å². The summed E-state index contributed by atoms with van der Waals surface area (Å²) in [6.07, 6.45) is 15.5. The first-order chi connectivity index (χ1) is 18.4. The molecule has 0 N–H and O–H groups in total. The molecule has 0 amide bonds. The van der Waals surface area contributed by atoms with Gasteiger partial charge in [0.15, 0.2) is 5.78 Å². The molecule has 40 heavy (non-hydrogen) atoms. The number of carbonyl (C=O) groups is 3. The maximum absolute atomic E-state index is 12.7. The van der Waals surface area contributed by atoms with E-state index in [2.05, 4.69) is 68.4 Å². The molecule has 228 valence electrons. The van der Waals surface area contributed by atoms with Gasteiger partial charge in [0.25, 0.3) is 0 Å². The molecule has 0 radical (unpaired) electrons. The summed E-state index contributed by atoms with van der Waals surface area (Å²) in [6, 6.07) is 0. The zero-order valence-corrected chi connectivity index (χ0v) is 27.8. The van der Waals surface area contributed by atoms with Crippen molar-refractivity contribution in [3.8, 4) is 0 Å². The van der Waals surface area contributed by atoms with Crippen molar-refractivity contribution in [3.05, 3.63) is 23.8 Å². The summed E-state index contributed by atoms with van der Waals surface area (Å²) in [5.41, 5.74) is 1.02. The number of fused-ring (bicyclic) bond motifs is 1. The lowest BCUT2D eigenvalue weighted by atomic mass is 9.43. The molecule has 4 heteroatoms. The van der Waals surface area contributed by atoms with Crippen molar-refractivity contribution < 1.29 is 19.1 Å². The van der Waals surface area contributed by atoms with E-state index in [1.165, 1.54) is 18.4 Å². The molecule has 4 nitrogen and oxygen atoms in total. The van der Waals surface area contributed by atoms with Crippen LogP contribution in [-0.4, -0.2) is 24.1 Å². The average molecular weight is 557 g/mol. The molecule has 0 aliphatic heterocycles. The largest absolute Gasteiger partial charge is 0.463 e. The zero-order valence-electron chi connectivity index (χ0n) is 27.8. The van der Waals surface area contributed by atoms with E-state index in [4.69, 9.17) is 4.74 Å². The highest BCUT2D eigenvalue weighted by molar-refractivity contribution is 5.89. The molecule has 2 aliphatic rings. The standard InChI is InChI=1S/C36H60O4/c1-12-17-32(5,6)21-23-34(9,18-16-31(39)40-13-2)24-22-33(7,8)36(11)20-14-28-27(4)29(38)15-19-35(28,10)30(36)25-26(3)37/h16,18,25,27-28H,12-15,17,19-24H2,1-11H3/b18-16+,30-25-/t27-,28-,34-,35-,36+/m0/s1. The van der Waals surface area contributed by atoms with Crippen LogP contribution in [0.3, 0.4) is 0 Å².